The molecule has 4 rings (SSSR count). The minimum atomic E-state index is -0.279. The zero-order valence-electron chi connectivity index (χ0n) is 15.9. The number of hydrogen-bond acceptors (Lipinski definition) is 3. The van der Waals surface area contributed by atoms with Gasteiger partial charge in [-0.15, -0.1) is 5.10 Å². The van der Waals surface area contributed by atoms with E-state index >= 15 is 0 Å². The maximum atomic E-state index is 12.8. The van der Waals surface area contributed by atoms with Gasteiger partial charge in [-0.25, -0.2) is 4.68 Å². The molecule has 0 aliphatic carbocycles. The van der Waals surface area contributed by atoms with E-state index in [0.717, 1.165) is 11.1 Å². The number of hydrogen-bond donors (Lipinski definition) is 1. The Hall–Kier alpha value is -3.38. The van der Waals surface area contributed by atoms with Crippen molar-refractivity contribution < 1.29 is 4.79 Å². The van der Waals surface area contributed by atoms with Gasteiger partial charge in [0.25, 0.3) is 5.91 Å². The SMILES string of the molecule is Cc1ccc(Cn2nnc(C(=O)NCc3ccc(Cl)cc3)c2-n2cccc2)cc1. The summed E-state index contributed by atoms with van der Waals surface area (Å²) >= 11 is 5.91. The van der Waals surface area contributed by atoms with Gasteiger partial charge < -0.3 is 9.88 Å². The van der Waals surface area contributed by atoms with Gasteiger partial charge in [0.15, 0.2) is 11.5 Å². The lowest BCUT2D eigenvalue weighted by atomic mass is 10.1. The van der Waals surface area contributed by atoms with Crippen molar-refractivity contribution in [1.82, 2.24) is 24.9 Å². The Morgan fingerprint density at radius 1 is 1.00 bits per heavy atom. The van der Waals surface area contributed by atoms with Crippen molar-refractivity contribution in [2.24, 2.45) is 0 Å². The van der Waals surface area contributed by atoms with Gasteiger partial charge >= 0.3 is 0 Å². The van der Waals surface area contributed by atoms with Crippen LogP contribution >= 0.6 is 11.6 Å². The first kappa shape index (κ1) is 19.0. The molecule has 0 atom stereocenters. The van der Waals surface area contributed by atoms with Crippen molar-refractivity contribution in [1.29, 1.82) is 0 Å². The minimum absolute atomic E-state index is 0.279. The number of benzene rings is 2. The number of nitrogens with one attached hydrogen (secondary N) is 1. The fourth-order valence-corrected chi connectivity index (χ4v) is 3.15. The van der Waals surface area contributed by atoms with Crippen LogP contribution in [0.3, 0.4) is 0 Å². The second-order valence-corrected chi connectivity index (χ2v) is 7.24. The number of aromatic nitrogens is 4. The fraction of sp³-hybridized carbons (Fsp3) is 0.136. The van der Waals surface area contributed by atoms with Gasteiger partial charge in [-0.1, -0.05) is 58.8 Å². The molecule has 7 heteroatoms. The number of carbonyl (C=O) groups is 1. The maximum Gasteiger partial charge on any atom is 0.276 e. The lowest BCUT2D eigenvalue weighted by molar-refractivity contribution is 0.0946. The molecule has 146 valence electrons. The molecule has 1 amide bonds. The first-order valence-electron chi connectivity index (χ1n) is 9.25. The van der Waals surface area contributed by atoms with Crippen LogP contribution in [-0.4, -0.2) is 25.5 Å². The molecule has 2 aromatic heterocycles. The van der Waals surface area contributed by atoms with Crippen LogP contribution in [0.25, 0.3) is 5.82 Å². The van der Waals surface area contributed by atoms with Gasteiger partial charge in [-0.3, -0.25) is 4.79 Å². The number of halogens is 1. The van der Waals surface area contributed by atoms with Crippen molar-refractivity contribution in [2.75, 3.05) is 0 Å². The molecule has 0 bridgehead atoms. The molecule has 2 heterocycles. The Morgan fingerprint density at radius 3 is 2.34 bits per heavy atom. The quantitative estimate of drug-likeness (QED) is 0.527. The van der Waals surface area contributed by atoms with E-state index in [1.54, 1.807) is 16.8 Å². The summed E-state index contributed by atoms with van der Waals surface area (Å²) in [6, 6.07) is 19.4. The van der Waals surface area contributed by atoms with E-state index in [4.69, 9.17) is 11.6 Å². The molecule has 1 N–H and O–H groups in total. The average Bonchev–Trinajstić information content (AvgIpc) is 3.39. The molecular formula is C22H20ClN5O. The Bertz CT molecular complexity index is 1100. The first-order valence-corrected chi connectivity index (χ1v) is 9.63. The third kappa shape index (κ3) is 4.38. The summed E-state index contributed by atoms with van der Waals surface area (Å²) in [7, 11) is 0. The Balaban J connectivity index is 1.59. The fourth-order valence-electron chi connectivity index (χ4n) is 3.03. The summed E-state index contributed by atoms with van der Waals surface area (Å²) in [6.45, 7) is 2.95. The predicted molar refractivity (Wildman–Crippen MR) is 112 cm³/mol. The molecule has 6 nitrogen and oxygen atoms in total. The highest BCUT2D eigenvalue weighted by atomic mass is 35.5. The smallest absolute Gasteiger partial charge is 0.276 e. The highest BCUT2D eigenvalue weighted by Crippen LogP contribution is 2.16. The van der Waals surface area contributed by atoms with E-state index < -0.39 is 0 Å². The van der Waals surface area contributed by atoms with Crippen LogP contribution in [0.2, 0.25) is 5.02 Å². The summed E-state index contributed by atoms with van der Waals surface area (Å²) in [6.07, 6.45) is 3.75. The lowest BCUT2D eigenvalue weighted by Gasteiger charge is -2.10. The summed E-state index contributed by atoms with van der Waals surface area (Å²) in [5.74, 6) is 0.350. The zero-order chi connectivity index (χ0) is 20.2. The van der Waals surface area contributed by atoms with Gasteiger partial charge in [0.05, 0.1) is 6.54 Å². The molecule has 29 heavy (non-hydrogen) atoms. The molecule has 0 spiro atoms. The van der Waals surface area contributed by atoms with Crippen molar-refractivity contribution >= 4 is 17.5 Å². The molecule has 0 unspecified atom stereocenters. The average molecular weight is 406 g/mol. The topological polar surface area (TPSA) is 64.7 Å². The molecule has 0 fully saturated rings. The number of rotatable bonds is 6. The normalized spacial score (nSPS) is 10.8. The molecule has 0 aliphatic heterocycles. The molecule has 0 radical (unpaired) electrons. The Kier molecular flexibility index (Phi) is 5.44. The van der Waals surface area contributed by atoms with E-state index in [0.29, 0.717) is 23.9 Å². The van der Waals surface area contributed by atoms with E-state index in [2.05, 4.69) is 39.9 Å². The van der Waals surface area contributed by atoms with Gasteiger partial charge in [-0.2, -0.15) is 0 Å². The third-order valence-corrected chi connectivity index (χ3v) is 4.84. The van der Waals surface area contributed by atoms with Crippen molar-refractivity contribution in [2.45, 2.75) is 20.0 Å². The molecule has 4 aromatic rings. The largest absolute Gasteiger partial charge is 0.346 e. The minimum Gasteiger partial charge on any atom is -0.346 e. The Labute approximate surface area is 173 Å². The maximum absolute atomic E-state index is 12.8. The van der Waals surface area contributed by atoms with Crippen LogP contribution in [0, 0.1) is 6.92 Å². The second-order valence-electron chi connectivity index (χ2n) is 6.80. The predicted octanol–water partition coefficient (Wildman–Crippen LogP) is 4.01. The van der Waals surface area contributed by atoms with Crippen molar-refractivity contribution in [3.05, 3.63) is 100 Å². The van der Waals surface area contributed by atoms with Crippen LogP contribution in [0.1, 0.15) is 27.2 Å². The van der Waals surface area contributed by atoms with Crippen molar-refractivity contribution in [3.8, 4) is 5.82 Å². The molecule has 0 saturated carbocycles. The van der Waals surface area contributed by atoms with Crippen LogP contribution in [-0.2, 0) is 13.1 Å². The monoisotopic (exact) mass is 405 g/mol. The zero-order valence-corrected chi connectivity index (χ0v) is 16.7. The summed E-state index contributed by atoms with van der Waals surface area (Å²) in [5.41, 5.74) is 3.52. The summed E-state index contributed by atoms with van der Waals surface area (Å²) in [4.78, 5) is 12.8. The van der Waals surface area contributed by atoms with E-state index in [1.807, 2.05) is 48.1 Å². The molecular weight excluding hydrogens is 386 g/mol. The summed E-state index contributed by atoms with van der Waals surface area (Å²) < 4.78 is 3.59. The van der Waals surface area contributed by atoms with E-state index in [-0.39, 0.29) is 11.6 Å². The van der Waals surface area contributed by atoms with Crippen LogP contribution in [0.5, 0.6) is 0 Å². The van der Waals surface area contributed by atoms with Crippen LogP contribution < -0.4 is 5.32 Å². The highest BCUT2D eigenvalue weighted by molar-refractivity contribution is 6.30. The van der Waals surface area contributed by atoms with Gasteiger partial charge in [0.2, 0.25) is 0 Å². The summed E-state index contributed by atoms with van der Waals surface area (Å²) in [5, 5.41) is 12.0. The number of amides is 1. The Morgan fingerprint density at radius 2 is 1.66 bits per heavy atom. The second kappa shape index (κ2) is 8.32. The number of nitrogens with zero attached hydrogens (tertiary/aromatic N) is 4. The van der Waals surface area contributed by atoms with Gasteiger partial charge in [0, 0.05) is 24.0 Å². The molecule has 2 aromatic carbocycles. The first-order chi connectivity index (χ1) is 14.1. The van der Waals surface area contributed by atoms with Crippen LogP contribution in [0.4, 0.5) is 0 Å². The van der Waals surface area contributed by atoms with E-state index in [9.17, 15) is 4.79 Å². The van der Waals surface area contributed by atoms with E-state index in [1.165, 1.54) is 5.56 Å². The number of carbonyl (C=O) groups excluding carboxylic acids is 1. The standard InChI is InChI=1S/C22H20ClN5O/c1-16-4-6-18(7-5-16)15-28-22(27-12-2-3-13-27)20(25-26-28)21(29)24-14-17-8-10-19(23)11-9-17/h2-13H,14-15H2,1H3,(H,24,29). The highest BCUT2D eigenvalue weighted by Gasteiger charge is 2.21. The molecule has 0 saturated heterocycles. The third-order valence-electron chi connectivity index (χ3n) is 4.59. The van der Waals surface area contributed by atoms with Crippen molar-refractivity contribution in [3.63, 3.8) is 0 Å². The molecule has 0 aliphatic rings. The van der Waals surface area contributed by atoms with Gasteiger partial charge in [-0.05, 0) is 42.3 Å². The van der Waals surface area contributed by atoms with Gasteiger partial charge in [0.1, 0.15) is 0 Å². The lowest BCUT2D eigenvalue weighted by Crippen LogP contribution is -2.25. The number of aryl methyl sites for hydroxylation is 1. The van der Waals surface area contributed by atoms with Crippen LogP contribution in [0.15, 0.2) is 73.1 Å².